The number of hydrogen-bond donors (Lipinski definition) is 1. The summed E-state index contributed by atoms with van der Waals surface area (Å²) in [5, 5.41) is 2.97. The summed E-state index contributed by atoms with van der Waals surface area (Å²) in [5.41, 5.74) is 4.92. The van der Waals surface area contributed by atoms with Gasteiger partial charge in [-0.05, 0) is 42.3 Å². The second kappa shape index (κ2) is 8.15. The molecule has 1 aromatic heterocycles. The lowest BCUT2D eigenvalue weighted by Gasteiger charge is -2.09. The SMILES string of the molecule is Cc1c(C(=O)Nc2ccccc2)c(-c2ccc(F)cc2)cn1Cc1ccccc1. The fourth-order valence-corrected chi connectivity index (χ4v) is 3.45. The van der Waals surface area contributed by atoms with Gasteiger partial charge in [0.15, 0.2) is 0 Å². The van der Waals surface area contributed by atoms with Crippen LogP contribution >= 0.6 is 0 Å². The van der Waals surface area contributed by atoms with E-state index < -0.39 is 0 Å². The molecule has 29 heavy (non-hydrogen) atoms. The summed E-state index contributed by atoms with van der Waals surface area (Å²) < 4.78 is 15.5. The fraction of sp³-hybridized carbons (Fsp3) is 0.0800. The second-order valence-corrected chi connectivity index (χ2v) is 6.94. The van der Waals surface area contributed by atoms with Crippen LogP contribution in [0, 0.1) is 12.7 Å². The first kappa shape index (κ1) is 18.7. The molecule has 0 aliphatic rings. The minimum absolute atomic E-state index is 0.181. The molecule has 1 heterocycles. The van der Waals surface area contributed by atoms with Crippen LogP contribution in [0.5, 0.6) is 0 Å². The van der Waals surface area contributed by atoms with Gasteiger partial charge in [0.1, 0.15) is 5.82 Å². The van der Waals surface area contributed by atoms with Gasteiger partial charge in [-0.25, -0.2) is 4.39 Å². The van der Waals surface area contributed by atoms with Crippen molar-refractivity contribution in [1.29, 1.82) is 0 Å². The van der Waals surface area contributed by atoms with E-state index in [4.69, 9.17) is 0 Å². The summed E-state index contributed by atoms with van der Waals surface area (Å²) in [5.74, 6) is -0.482. The normalized spacial score (nSPS) is 10.7. The standard InChI is InChI=1S/C25H21FN2O/c1-18-24(25(29)27-22-10-6-3-7-11-22)23(20-12-14-21(26)15-13-20)17-28(18)16-19-8-4-2-5-9-19/h2-15,17H,16H2,1H3,(H,27,29). The Hall–Kier alpha value is -3.66. The summed E-state index contributed by atoms with van der Waals surface area (Å²) >= 11 is 0. The fourth-order valence-electron chi connectivity index (χ4n) is 3.45. The van der Waals surface area contributed by atoms with Gasteiger partial charge in [-0.15, -0.1) is 0 Å². The number of rotatable bonds is 5. The van der Waals surface area contributed by atoms with Crippen LogP contribution in [0.25, 0.3) is 11.1 Å². The number of benzene rings is 3. The van der Waals surface area contributed by atoms with Crippen molar-refractivity contribution in [3.05, 3.63) is 114 Å². The minimum atomic E-state index is -0.301. The van der Waals surface area contributed by atoms with E-state index in [0.29, 0.717) is 12.1 Å². The molecule has 144 valence electrons. The van der Waals surface area contributed by atoms with Gasteiger partial charge in [-0.1, -0.05) is 60.7 Å². The molecule has 0 spiro atoms. The summed E-state index contributed by atoms with van der Waals surface area (Å²) in [6, 6.07) is 25.7. The molecular formula is C25H21FN2O. The molecule has 4 aromatic rings. The van der Waals surface area contributed by atoms with Crippen molar-refractivity contribution >= 4 is 11.6 Å². The largest absolute Gasteiger partial charge is 0.346 e. The third kappa shape index (κ3) is 4.11. The summed E-state index contributed by atoms with van der Waals surface area (Å²) in [7, 11) is 0. The quantitative estimate of drug-likeness (QED) is 0.456. The molecule has 0 saturated heterocycles. The molecule has 0 fully saturated rings. The number of carbonyl (C=O) groups is 1. The Morgan fingerprint density at radius 2 is 1.52 bits per heavy atom. The predicted octanol–water partition coefficient (Wildman–Crippen LogP) is 5.90. The van der Waals surface area contributed by atoms with Gasteiger partial charge in [0.05, 0.1) is 5.56 Å². The van der Waals surface area contributed by atoms with Crippen molar-refractivity contribution in [3.8, 4) is 11.1 Å². The van der Waals surface area contributed by atoms with Gasteiger partial charge in [-0.3, -0.25) is 4.79 Å². The Bertz CT molecular complexity index is 1120. The molecule has 4 rings (SSSR count). The molecule has 0 aliphatic carbocycles. The Labute approximate surface area is 169 Å². The molecule has 0 bridgehead atoms. The van der Waals surface area contributed by atoms with E-state index in [-0.39, 0.29) is 11.7 Å². The van der Waals surface area contributed by atoms with Gasteiger partial charge >= 0.3 is 0 Å². The second-order valence-electron chi connectivity index (χ2n) is 6.94. The van der Waals surface area contributed by atoms with Crippen molar-refractivity contribution in [3.63, 3.8) is 0 Å². The first-order valence-corrected chi connectivity index (χ1v) is 9.48. The first-order chi connectivity index (χ1) is 14.1. The maximum absolute atomic E-state index is 13.4. The summed E-state index contributed by atoms with van der Waals surface area (Å²) in [4.78, 5) is 13.2. The number of aromatic nitrogens is 1. The number of nitrogens with zero attached hydrogens (tertiary/aromatic N) is 1. The van der Waals surface area contributed by atoms with Crippen LogP contribution in [0.2, 0.25) is 0 Å². The summed E-state index contributed by atoms with van der Waals surface area (Å²) in [6.45, 7) is 2.59. The highest BCUT2D eigenvalue weighted by atomic mass is 19.1. The zero-order valence-electron chi connectivity index (χ0n) is 16.1. The molecule has 0 saturated carbocycles. The average Bonchev–Trinajstić information content (AvgIpc) is 3.06. The van der Waals surface area contributed by atoms with E-state index in [2.05, 4.69) is 22.0 Å². The smallest absolute Gasteiger partial charge is 0.258 e. The third-order valence-electron chi connectivity index (χ3n) is 4.96. The maximum atomic E-state index is 13.4. The number of nitrogens with one attached hydrogen (secondary N) is 1. The number of halogens is 1. The monoisotopic (exact) mass is 384 g/mol. The van der Waals surface area contributed by atoms with Crippen molar-refractivity contribution < 1.29 is 9.18 Å². The highest BCUT2D eigenvalue weighted by molar-refractivity contribution is 6.09. The third-order valence-corrected chi connectivity index (χ3v) is 4.96. The number of para-hydroxylation sites is 1. The van der Waals surface area contributed by atoms with E-state index in [0.717, 1.165) is 28.1 Å². The Morgan fingerprint density at radius 1 is 0.897 bits per heavy atom. The van der Waals surface area contributed by atoms with Crippen molar-refractivity contribution in [2.75, 3.05) is 5.32 Å². The lowest BCUT2D eigenvalue weighted by atomic mass is 10.0. The van der Waals surface area contributed by atoms with Crippen LogP contribution < -0.4 is 5.32 Å². The van der Waals surface area contributed by atoms with Gasteiger partial charge in [0.2, 0.25) is 0 Å². The van der Waals surface area contributed by atoms with Crippen LogP contribution in [0.3, 0.4) is 0 Å². The number of amides is 1. The molecule has 4 heteroatoms. The molecular weight excluding hydrogens is 363 g/mol. The molecule has 3 nitrogen and oxygen atoms in total. The number of carbonyl (C=O) groups excluding carboxylic acids is 1. The number of hydrogen-bond acceptors (Lipinski definition) is 1. The van der Waals surface area contributed by atoms with Gasteiger partial charge < -0.3 is 9.88 Å². The predicted molar refractivity (Wildman–Crippen MR) is 115 cm³/mol. The van der Waals surface area contributed by atoms with E-state index >= 15 is 0 Å². The van der Waals surface area contributed by atoms with Gasteiger partial charge in [0.25, 0.3) is 5.91 Å². The molecule has 0 aliphatic heterocycles. The maximum Gasteiger partial charge on any atom is 0.258 e. The molecule has 0 atom stereocenters. The summed E-state index contributed by atoms with van der Waals surface area (Å²) in [6.07, 6.45) is 1.97. The lowest BCUT2D eigenvalue weighted by Crippen LogP contribution is -2.14. The zero-order valence-corrected chi connectivity index (χ0v) is 16.1. The van der Waals surface area contributed by atoms with Crippen molar-refractivity contribution in [1.82, 2.24) is 4.57 Å². The van der Waals surface area contributed by atoms with Crippen LogP contribution in [0.1, 0.15) is 21.6 Å². The minimum Gasteiger partial charge on any atom is -0.346 e. The Kier molecular flexibility index (Phi) is 5.25. The van der Waals surface area contributed by atoms with Gasteiger partial charge in [-0.2, -0.15) is 0 Å². The average molecular weight is 384 g/mol. The lowest BCUT2D eigenvalue weighted by molar-refractivity contribution is 0.102. The van der Waals surface area contributed by atoms with E-state index in [1.54, 1.807) is 12.1 Å². The Balaban J connectivity index is 1.76. The molecule has 1 N–H and O–H groups in total. The van der Waals surface area contributed by atoms with E-state index in [1.165, 1.54) is 12.1 Å². The van der Waals surface area contributed by atoms with E-state index in [9.17, 15) is 9.18 Å². The number of anilines is 1. The van der Waals surface area contributed by atoms with Crippen molar-refractivity contribution in [2.24, 2.45) is 0 Å². The van der Waals surface area contributed by atoms with Crippen LogP contribution in [-0.2, 0) is 6.54 Å². The molecule has 1 amide bonds. The van der Waals surface area contributed by atoms with Crippen LogP contribution in [0.15, 0.2) is 91.1 Å². The van der Waals surface area contributed by atoms with Crippen LogP contribution in [0.4, 0.5) is 10.1 Å². The molecule has 0 unspecified atom stereocenters. The van der Waals surface area contributed by atoms with Crippen LogP contribution in [-0.4, -0.2) is 10.5 Å². The van der Waals surface area contributed by atoms with Crippen molar-refractivity contribution in [2.45, 2.75) is 13.5 Å². The molecule has 3 aromatic carbocycles. The highest BCUT2D eigenvalue weighted by Gasteiger charge is 2.21. The zero-order chi connectivity index (χ0) is 20.2. The topological polar surface area (TPSA) is 34.0 Å². The van der Waals surface area contributed by atoms with Gasteiger partial charge in [0, 0.05) is 29.7 Å². The van der Waals surface area contributed by atoms with E-state index in [1.807, 2.05) is 61.7 Å². The first-order valence-electron chi connectivity index (χ1n) is 9.48. The highest BCUT2D eigenvalue weighted by Crippen LogP contribution is 2.30. The Morgan fingerprint density at radius 3 is 2.17 bits per heavy atom. The molecule has 0 radical (unpaired) electrons.